The summed E-state index contributed by atoms with van der Waals surface area (Å²) in [6, 6.07) is 11.6. The number of aromatic nitrogens is 3. The molecule has 3 aromatic heterocycles. The molecule has 0 atom stereocenters. The van der Waals surface area contributed by atoms with Crippen LogP contribution in [-0.2, 0) is 9.53 Å². The minimum Gasteiger partial charge on any atom is -0.454 e. The predicted octanol–water partition coefficient (Wildman–Crippen LogP) is 4.03. The second kappa shape index (κ2) is 7.34. The van der Waals surface area contributed by atoms with Crippen molar-refractivity contribution in [2.24, 2.45) is 0 Å². The Balaban J connectivity index is 1.62. The summed E-state index contributed by atoms with van der Waals surface area (Å²) in [6.45, 7) is 4.20. The second-order valence-corrected chi connectivity index (χ2v) is 6.77. The summed E-state index contributed by atoms with van der Waals surface area (Å²) in [4.78, 5) is 16.6. The smallest absolute Gasteiger partial charge is 0.251 e. The fraction of sp³-hybridized carbons (Fsp3) is 0.211. The molecule has 0 fully saturated rings. The van der Waals surface area contributed by atoms with Crippen molar-refractivity contribution in [2.75, 3.05) is 18.5 Å². The third-order valence-corrected chi connectivity index (χ3v) is 4.70. The first-order valence-electron chi connectivity index (χ1n) is 8.53. The minimum atomic E-state index is -0.230. The van der Waals surface area contributed by atoms with Crippen LogP contribution >= 0.6 is 11.3 Å². The normalized spacial score (nSPS) is 11.2. The molecule has 0 saturated heterocycles. The number of anilines is 1. The molecule has 0 radical (unpaired) electrons. The molecule has 1 amide bonds. The van der Waals surface area contributed by atoms with Gasteiger partial charge in [-0.05, 0) is 26.0 Å². The molecule has 0 spiro atoms. The summed E-state index contributed by atoms with van der Waals surface area (Å²) in [5.74, 6) is 1.03. The van der Waals surface area contributed by atoms with E-state index in [0.29, 0.717) is 23.3 Å². The number of hydrogen-bond donors (Lipinski definition) is 1. The third kappa shape index (κ3) is 3.62. The van der Waals surface area contributed by atoms with Gasteiger partial charge in [0.1, 0.15) is 23.7 Å². The van der Waals surface area contributed by atoms with Gasteiger partial charge in [-0.25, -0.2) is 4.98 Å². The molecule has 3 heterocycles. The summed E-state index contributed by atoms with van der Waals surface area (Å²) in [7, 11) is 0. The fourth-order valence-electron chi connectivity index (χ4n) is 2.69. The highest BCUT2D eigenvalue weighted by Gasteiger charge is 2.16. The number of thiazole rings is 1. The quantitative estimate of drug-likeness (QED) is 0.544. The van der Waals surface area contributed by atoms with Crippen molar-refractivity contribution in [3.8, 4) is 16.6 Å². The van der Waals surface area contributed by atoms with Crippen LogP contribution in [-0.4, -0.2) is 33.9 Å². The van der Waals surface area contributed by atoms with Crippen LogP contribution in [0.3, 0.4) is 0 Å². The van der Waals surface area contributed by atoms with Gasteiger partial charge in [0.15, 0.2) is 5.76 Å². The molecule has 7 nitrogen and oxygen atoms in total. The van der Waals surface area contributed by atoms with Crippen molar-refractivity contribution in [2.45, 2.75) is 13.8 Å². The summed E-state index contributed by atoms with van der Waals surface area (Å²) in [6.07, 6.45) is 0. The summed E-state index contributed by atoms with van der Waals surface area (Å²) in [5, 5.41) is 10.8. The number of aryl methyl sites for hydroxylation is 1. The Kier molecular flexibility index (Phi) is 4.74. The van der Waals surface area contributed by atoms with Gasteiger partial charge in [-0.1, -0.05) is 18.2 Å². The van der Waals surface area contributed by atoms with E-state index in [1.165, 1.54) is 11.3 Å². The monoisotopic (exact) mass is 382 g/mol. The summed E-state index contributed by atoms with van der Waals surface area (Å²) in [5.41, 5.74) is 2.33. The van der Waals surface area contributed by atoms with E-state index in [2.05, 4.69) is 15.4 Å². The SMILES string of the molecule is CCOCC(=O)Nc1cc(C)nn1-c1nc(-c2cc3ccccc3o2)cs1. The number of hydrogen-bond acceptors (Lipinski definition) is 6. The largest absolute Gasteiger partial charge is 0.454 e. The van der Waals surface area contributed by atoms with Gasteiger partial charge in [-0.15, -0.1) is 11.3 Å². The number of para-hydroxylation sites is 1. The molecule has 27 heavy (non-hydrogen) atoms. The predicted molar refractivity (Wildman–Crippen MR) is 104 cm³/mol. The zero-order valence-corrected chi connectivity index (χ0v) is 15.7. The van der Waals surface area contributed by atoms with E-state index in [0.717, 1.165) is 22.4 Å². The van der Waals surface area contributed by atoms with E-state index in [4.69, 9.17) is 9.15 Å². The fourth-order valence-corrected chi connectivity index (χ4v) is 3.47. The number of rotatable bonds is 6. The van der Waals surface area contributed by atoms with E-state index in [1.807, 2.05) is 49.6 Å². The van der Waals surface area contributed by atoms with E-state index < -0.39 is 0 Å². The Hall–Kier alpha value is -2.97. The van der Waals surface area contributed by atoms with Crippen LogP contribution in [0.2, 0.25) is 0 Å². The lowest BCUT2D eigenvalue weighted by Gasteiger charge is -2.06. The van der Waals surface area contributed by atoms with Crippen LogP contribution in [0.5, 0.6) is 0 Å². The van der Waals surface area contributed by atoms with Crippen LogP contribution in [0.25, 0.3) is 27.6 Å². The first-order chi connectivity index (χ1) is 13.1. The number of fused-ring (bicyclic) bond motifs is 1. The van der Waals surface area contributed by atoms with Crippen molar-refractivity contribution >= 4 is 34.0 Å². The highest BCUT2D eigenvalue weighted by molar-refractivity contribution is 7.12. The molecule has 0 unspecified atom stereocenters. The van der Waals surface area contributed by atoms with Crippen molar-refractivity contribution in [3.63, 3.8) is 0 Å². The lowest BCUT2D eigenvalue weighted by molar-refractivity contribution is -0.120. The molecule has 0 saturated carbocycles. The van der Waals surface area contributed by atoms with Crippen LogP contribution in [0.4, 0.5) is 5.82 Å². The number of benzene rings is 1. The highest BCUT2D eigenvalue weighted by Crippen LogP contribution is 2.30. The van der Waals surface area contributed by atoms with Crippen molar-refractivity contribution in [3.05, 3.63) is 47.5 Å². The molecule has 8 heteroatoms. The lowest BCUT2D eigenvalue weighted by atomic mass is 10.2. The minimum absolute atomic E-state index is 0.00281. The molecule has 0 aliphatic heterocycles. The summed E-state index contributed by atoms with van der Waals surface area (Å²) < 4.78 is 12.6. The van der Waals surface area contributed by atoms with Crippen molar-refractivity contribution in [1.29, 1.82) is 0 Å². The number of ether oxygens (including phenoxy) is 1. The Labute approximate surface area is 159 Å². The van der Waals surface area contributed by atoms with Gasteiger partial charge < -0.3 is 14.5 Å². The number of carbonyl (C=O) groups is 1. The average Bonchev–Trinajstić information content (AvgIpc) is 3.37. The Bertz CT molecular complexity index is 1060. The lowest BCUT2D eigenvalue weighted by Crippen LogP contribution is -2.20. The molecule has 1 N–H and O–H groups in total. The van der Waals surface area contributed by atoms with Crippen LogP contribution in [0, 0.1) is 6.92 Å². The van der Waals surface area contributed by atoms with E-state index in [-0.39, 0.29) is 12.5 Å². The van der Waals surface area contributed by atoms with Crippen LogP contribution < -0.4 is 5.32 Å². The Morgan fingerprint density at radius 1 is 1.33 bits per heavy atom. The van der Waals surface area contributed by atoms with Crippen LogP contribution in [0.1, 0.15) is 12.6 Å². The average molecular weight is 382 g/mol. The van der Waals surface area contributed by atoms with Gasteiger partial charge in [0.25, 0.3) is 5.91 Å². The number of amides is 1. The van der Waals surface area contributed by atoms with Gasteiger partial charge >= 0.3 is 0 Å². The number of nitrogens with zero attached hydrogens (tertiary/aromatic N) is 3. The third-order valence-electron chi connectivity index (χ3n) is 3.89. The zero-order chi connectivity index (χ0) is 18.8. The number of nitrogens with one attached hydrogen (secondary N) is 1. The molecule has 0 aliphatic carbocycles. The maximum atomic E-state index is 12.0. The number of furan rings is 1. The van der Waals surface area contributed by atoms with Crippen molar-refractivity contribution in [1.82, 2.24) is 14.8 Å². The van der Waals surface area contributed by atoms with E-state index in [1.54, 1.807) is 10.7 Å². The maximum absolute atomic E-state index is 12.0. The first-order valence-corrected chi connectivity index (χ1v) is 9.41. The molecule has 0 aliphatic rings. The molecule has 138 valence electrons. The maximum Gasteiger partial charge on any atom is 0.251 e. The van der Waals surface area contributed by atoms with Crippen molar-refractivity contribution < 1.29 is 13.9 Å². The van der Waals surface area contributed by atoms with Crippen LogP contribution in [0.15, 0.2) is 46.2 Å². The Morgan fingerprint density at radius 2 is 2.19 bits per heavy atom. The standard InChI is InChI=1S/C19H18N4O3S/c1-3-25-10-18(24)21-17-8-12(2)22-23(17)19-20-14(11-27-19)16-9-13-6-4-5-7-15(13)26-16/h4-9,11H,3,10H2,1-2H3,(H,21,24). The number of carbonyl (C=O) groups excluding carboxylic acids is 1. The van der Waals surface area contributed by atoms with E-state index >= 15 is 0 Å². The van der Waals surface area contributed by atoms with Gasteiger partial charge in [-0.2, -0.15) is 9.78 Å². The van der Waals surface area contributed by atoms with Gasteiger partial charge in [0.05, 0.1) is 5.69 Å². The van der Waals surface area contributed by atoms with E-state index in [9.17, 15) is 4.79 Å². The highest BCUT2D eigenvalue weighted by atomic mass is 32.1. The topological polar surface area (TPSA) is 82.2 Å². The zero-order valence-electron chi connectivity index (χ0n) is 14.9. The molecular formula is C19H18N4O3S. The molecular weight excluding hydrogens is 364 g/mol. The van der Waals surface area contributed by atoms with Gasteiger partial charge in [0, 0.05) is 23.4 Å². The second-order valence-electron chi connectivity index (χ2n) is 5.93. The summed E-state index contributed by atoms with van der Waals surface area (Å²) >= 11 is 1.43. The Morgan fingerprint density at radius 3 is 3.00 bits per heavy atom. The first kappa shape index (κ1) is 17.4. The van der Waals surface area contributed by atoms with Gasteiger partial charge in [-0.3, -0.25) is 4.79 Å². The molecule has 1 aromatic carbocycles. The van der Waals surface area contributed by atoms with Gasteiger partial charge in [0.2, 0.25) is 5.13 Å². The molecule has 4 rings (SSSR count). The molecule has 4 aromatic rings. The molecule has 0 bridgehead atoms.